The molecule has 0 amide bonds. The number of nitrogens with two attached hydrogens (primary N) is 1. The molecule has 5 rings (SSSR count). The molecule has 13 heteroatoms. The van der Waals surface area contributed by atoms with Crippen LogP contribution in [-0.2, 0) is 19.9 Å². The van der Waals surface area contributed by atoms with E-state index in [1.54, 1.807) is 49.4 Å². The molecule has 0 saturated carbocycles. The SMILES string of the molecule is CCS(=O)(=O)c1cccc(-c2cc3cc(-c4cnc(OC)c(NS(=O)(=O)c5ccc(F)cc5F)c4)ccc3nc2N)c1. The second kappa shape index (κ2) is 11.0. The van der Waals surface area contributed by atoms with E-state index in [1.165, 1.54) is 25.4 Å². The Hall–Kier alpha value is -4.62. The Morgan fingerprint density at radius 3 is 2.40 bits per heavy atom. The minimum Gasteiger partial charge on any atom is -0.480 e. The van der Waals surface area contributed by atoms with Crippen molar-refractivity contribution in [2.24, 2.45) is 0 Å². The second-order valence-corrected chi connectivity index (χ2v) is 13.2. The van der Waals surface area contributed by atoms with Gasteiger partial charge in [0.2, 0.25) is 5.88 Å². The maximum Gasteiger partial charge on any atom is 0.264 e. The summed E-state index contributed by atoms with van der Waals surface area (Å²) in [6.07, 6.45) is 1.47. The largest absolute Gasteiger partial charge is 0.480 e. The molecule has 9 nitrogen and oxygen atoms in total. The fourth-order valence-corrected chi connectivity index (χ4v) is 6.40. The maximum absolute atomic E-state index is 14.3. The number of fused-ring (bicyclic) bond motifs is 1. The highest BCUT2D eigenvalue weighted by atomic mass is 32.2. The molecule has 2 aromatic heterocycles. The van der Waals surface area contributed by atoms with E-state index in [0.29, 0.717) is 39.2 Å². The highest BCUT2D eigenvalue weighted by molar-refractivity contribution is 7.92. The zero-order chi connectivity index (χ0) is 30.2. The smallest absolute Gasteiger partial charge is 0.264 e. The molecule has 0 aliphatic carbocycles. The normalized spacial score (nSPS) is 11.9. The molecular formula is C29H24F2N4O5S2. The van der Waals surface area contributed by atoms with Crippen LogP contribution in [0.1, 0.15) is 6.92 Å². The summed E-state index contributed by atoms with van der Waals surface area (Å²) in [6, 6.07) is 17.1. The van der Waals surface area contributed by atoms with Gasteiger partial charge in [0.25, 0.3) is 10.0 Å². The van der Waals surface area contributed by atoms with Crippen LogP contribution in [0.15, 0.2) is 88.8 Å². The van der Waals surface area contributed by atoms with Gasteiger partial charge in [-0.2, -0.15) is 0 Å². The average Bonchev–Trinajstić information content (AvgIpc) is 2.96. The molecule has 0 aliphatic rings. The zero-order valence-electron chi connectivity index (χ0n) is 22.3. The number of nitrogens with zero attached hydrogens (tertiary/aromatic N) is 2. The lowest BCUT2D eigenvalue weighted by molar-refractivity contribution is 0.400. The third-order valence-corrected chi connectivity index (χ3v) is 9.67. The first-order valence-corrected chi connectivity index (χ1v) is 15.6. The summed E-state index contributed by atoms with van der Waals surface area (Å²) in [7, 11) is -6.60. The molecular weight excluding hydrogens is 586 g/mol. The molecule has 2 heterocycles. The zero-order valence-corrected chi connectivity index (χ0v) is 23.9. The molecule has 0 fully saturated rings. The summed E-state index contributed by atoms with van der Waals surface area (Å²) < 4.78 is 85.7. The van der Waals surface area contributed by atoms with E-state index in [0.717, 1.165) is 12.1 Å². The van der Waals surface area contributed by atoms with Crippen LogP contribution in [0.25, 0.3) is 33.2 Å². The first kappa shape index (κ1) is 28.9. The number of aromatic nitrogens is 2. The number of sulfonamides is 1. The van der Waals surface area contributed by atoms with Crippen LogP contribution in [0.3, 0.4) is 0 Å². The van der Waals surface area contributed by atoms with Crippen molar-refractivity contribution < 1.29 is 30.4 Å². The van der Waals surface area contributed by atoms with Gasteiger partial charge >= 0.3 is 0 Å². The van der Waals surface area contributed by atoms with E-state index in [4.69, 9.17) is 10.5 Å². The lowest BCUT2D eigenvalue weighted by atomic mass is 10.0. The molecule has 0 aliphatic heterocycles. The van der Waals surface area contributed by atoms with Gasteiger partial charge in [-0.15, -0.1) is 0 Å². The van der Waals surface area contributed by atoms with E-state index < -0.39 is 36.4 Å². The molecule has 0 atom stereocenters. The molecule has 42 heavy (non-hydrogen) atoms. The van der Waals surface area contributed by atoms with Crippen LogP contribution in [0.2, 0.25) is 0 Å². The first-order valence-electron chi connectivity index (χ1n) is 12.5. The molecule has 3 aromatic carbocycles. The Morgan fingerprint density at radius 2 is 1.69 bits per heavy atom. The Bertz CT molecular complexity index is 2070. The lowest BCUT2D eigenvalue weighted by Gasteiger charge is -2.14. The number of pyridine rings is 2. The van der Waals surface area contributed by atoms with Crippen LogP contribution >= 0.6 is 0 Å². The third kappa shape index (κ3) is 5.60. The lowest BCUT2D eigenvalue weighted by Crippen LogP contribution is -2.15. The number of nitrogens with one attached hydrogen (secondary N) is 1. The van der Waals surface area contributed by atoms with Crippen molar-refractivity contribution in [3.63, 3.8) is 0 Å². The molecule has 5 aromatic rings. The van der Waals surface area contributed by atoms with Gasteiger partial charge in [0, 0.05) is 28.8 Å². The topological polar surface area (TPSA) is 141 Å². The molecule has 0 radical (unpaired) electrons. The van der Waals surface area contributed by atoms with Crippen LogP contribution in [-0.4, -0.2) is 39.7 Å². The summed E-state index contributed by atoms with van der Waals surface area (Å²) in [5.74, 6) is -2.05. The highest BCUT2D eigenvalue weighted by Crippen LogP contribution is 2.34. The molecule has 0 saturated heterocycles. The van der Waals surface area contributed by atoms with Crippen molar-refractivity contribution in [3.8, 4) is 28.1 Å². The Kier molecular flexibility index (Phi) is 7.56. The number of rotatable bonds is 8. The average molecular weight is 611 g/mol. The summed E-state index contributed by atoms with van der Waals surface area (Å²) in [5.41, 5.74) is 8.99. The minimum absolute atomic E-state index is 0.0435. The fraction of sp³-hybridized carbons (Fsp3) is 0.103. The van der Waals surface area contributed by atoms with Gasteiger partial charge in [-0.1, -0.05) is 25.1 Å². The van der Waals surface area contributed by atoms with Gasteiger partial charge in [-0.05, 0) is 59.7 Å². The van der Waals surface area contributed by atoms with Crippen molar-refractivity contribution in [3.05, 3.63) is 90.6 Å². The molecule has 3 N–H and O–H groups in total. The first-order chi connectivity index (χ1) is 19.9. The van der Waals surface area contributed by atoms with Crippen molar-refractivity contribution in [2.45, 2.75) is 16.7 Å². The van der Waals surface area contributed by atoms with Gasteiger partial charge in [-0.3, -0.25) is 4.72 Å². The highest BCUT2D eigenvalue weighted by Gasteiger charge is 2.22. The number of anilines is 2. The standard InChI is InChI=1S/C29H24F2N4O5S2/c1-3-41(36,37)22-6-4-5-18(12-22)23-13-19-11-17(7-9-25(19)34-28(23)32)20-14-26(29(40-2)33-16-20)35-42(38,39)27-10-8-21(30)15-24(27)31/h4-16,35H,3H2,1-2H3,(H2,32,34). The third-order valence-electron chi connectivity index (χ3n) is 6.53. The van der Waals surface area contributed by atoms with Crippen molar-refractivity contribution >= 4 is 42.3 Å². The summed E-state index contributed by atoms with van der Waals surface area (Å²) >= 11 is 0. The van der Waals surface area contributed by atoms with E-state index >= 15 is 0 Å². The minimum atomic E-state index is -4.46. The monoisotopic (exact) mass is 610 g/mol. The van der Waals surface area contributed by atoms with Crippen LogP contribution in [0.5, 0.6) is 5.88 Å². The van der Waals surface area contributed by atoms with Crippen molar-refractivity contribution in [2.75, 3.05) is 23.3 Å². The summed E-state index contributed by atoms with van der Waals surface area (Å²) in [6.45, 7) is 1.57. The van der Waals surface area contributed by atoms with E-state index in [2.05, 4.69) is 14.7 Å². The number of hydrogen-bond acceptors (Lipinski definition) is 8. The van der Waals surface area contributed by atoms with Gasteiger partial charge in [-0.25, -0.2) is 35.6 Å². The number of hydrogen-bond donors (Lipinski definition) is 2. The fourth-order valence-electron chi connectivity index (χ4n) is 4.36. The molecule has 0 unspecified atom stereocenters. The molecule has 0 bridgehead atoms. The summed E-state index contributed by atoms with van der Waals surface area (Å²) in [4.78, 5) is 8.11. The molecule has 0 spiro atoms. The number of ether oxygens (including phenoxy) is 1. The predicted molar refractivity (Wildman–Crippen MR) is 156 cm³/mol. The maximum atomic E-state index is 14.3. The van der Waals surface area contributed by atoms with Gasteiger partial charge < -0.3 is 10.5 Å². The second-order valence-electron chi connectivity index (χ2n) is 9.22. The Labute approximate surface area is 241 Å². The van der Waals surface area contributed by atoms with E-state index in [9.17, 15) is 25.6 Å². The van der Waals surface area contributed by atoms with Crippen LogP contribution in [0.4, 0.5) is 20.3 Å². The Morgan fingerprint density at radius 1 is 0.905 bits per heavy atom. The number of nitrogen functional groups attached to an aromatic ring is 1. The molecule has 216 valence electrons. The van der Waals surface area contributed by atoms with Crippen molar-refractivity contribution in [1.29, 1.82) is 0 Å². The van der Waals surface area contributed by atoms with Gasteiger partial charge in [0.1, 0.15) is 28.0 Å². The van der Waals surface area contributed by atoms with E-state index in [-0.39, 0.29) is 28.0 Å². The van der Waals surface area contributed by atoms with Gasteiger partial charge in [0.05, 0.1) is 23.3 Å². The number of halogens is 2. The number of sulfone groups is 1. The predicted octanol–water partition coefficient (Wildman–Crippen LogP) is 5.43. The van der Waals surface area contributed by atoms with Crippen LogP contribution in [0, 0.1) is 11.6 Å². The van der Waals surface area contributed by atoms with Crippen molar-refractivity contribution in [1.82, 2.24) is 9.97 Å². The summed E-state index contributed by atoms with van der Waals surface area (Å²) in [5, 5.41) is 0.673. The Balaban J connectivity index is 1.56. The quantitative estimate of drug-likeness (QED) is 0.237. The number of methoxy groups -OCH3 is 1. The van der Waals surface area contributed by atoms with E-state index in [1.807, 2.05) is 0 Å². The van der Waals surface area contributed by atoms with Crippen LogP contribution < -0.4 is 15.2 Å². The number of benzene rings is 3. The van der Waals surface area contributed by atoms with Gasteiger partial charge in [0.15, 0.2) is 9.84 Å².